The molecule has 3 amide bonds. The van der Waals surface area contributed by atoms with Crippen LogP contribution in [-0.2, 0) is 14.3 Å². The van der Waals surface area contributed by atoms with E-state index in [0.29, 0.717) is 22.6 Å². The van der Waals surface area contributed by atoms with E-state index in [0.717, 1.165) is 0 Å². The number of esters is 1. The fourth-order valence-electron chi connectivity index (χ4n) is 2.68. The number of urea groups is 1. The summed E-state index contributed by atoms with van der Waals surface area (Å²) in [7, 11) is 0. The van der Waals surface area contributed by atoms with Gasteiger partial charge in [0.25, 0.3) is 5.91 Å². The number of fused-ring (bicyclic) bond motifs is 2. The molecule has 2 aromatic carbocycles. The zero-order valence-electron chi connectivity index (χ0n) is 13.4. The highest BCUT2D eigenvalue weighted by Crippen LogP contribution is 2.44. The minimum Gasteiger partial charge on any atom is -0.457 e. The molecule has 0 bridgehead atoms. The van der Waals surface area contributed by atoms with Crippen molar-refractivity contribution in [3.63, 3.8) is 0 Å². The van der Waals surface area contributed by atoms with Crippen molar-refractivity contribution >= 4 is 17.9 Å². The van der Waals surface area contributed by atoms with E-state index in [2.05, 4.69) is 0 Å². The molecule has 3 N–H and O–H groups in total. The van der Waals surface area contributed by atoms with E-state index < -0.39 is 29.9 Å². The molecule has 0 aromatic heterocycles. The highest BCUT2D eigenvalue weighted by molar-refractivity contribution is 5.97. The summed E-state index contributed by atoms with van der Waals surface area (Å²) in [5.41, 5.74) is 6.20. The molecule has 0 aliphatic carbocycles. The average Bonchev–Trinajstić information content (AvgIpc) is 2.58. The molecule has 1 heterocycles. The molecule has 25 heavy (non-hydrogen) atoms. The van der Waals surface area contributed by atoms with Gasteiger partial charge in [0, 0.05) is 11.1 Å². The highest BCUT2D eigenvalue weighted by atomic mass is 16.5. The molecule has 3 rings (SSSR count). The average molecular weight is 340 g/mol. The third kappa shape index (κ3) is 3.30. The highest BCUT2D eigenvalue weighted by Gasteiger charge is 2.35. The Balaban J connectivity index is 1.90. The molecule has 128 valence electrons. The second-order valence-electron chi connectivity index (χ2n) is 5.54. The number of hydrogen-bond donors (Lipinski definition) is 2. The second kappa shape index (κ2) is 6.64. The van der Waals surface area contributed by atoms with Crippen LogP contribution < -0.4 is 15.8 Å². The zero-order chi connectivity index (χ0) is 18.0. The molecule has 1 aliphatic rings. The zero-order valence-corrected chi connectivity index (χ0v) is 13.4. The van der Waals surface area contributed by atoms with Crippen LogP contribution in [0, 0.1) is 0 Å². The van der Waals surface area contributed by atoms with E-state index in [1.165, 1.54) is 6.92 Å². The molecule has 7 heteroatoms. The summed E-state index contributed by atoms with van der Waals surface area (Å²) in [6, 6.07) is 13.2. The van der Waals surface area contributed by atoms with Crippen LogP contribution in [0.25, 0.3) is 0 Å². The van der Waals surface area contributed by atoms with E-state index in [-0.39, 0.29) is 0 Å². The Morgan fingerprint density at radius 3 is 2.08 bits per heavy atom. The van der Waals surface area contributed by atoms with Gasteiger partial charge in [0.2, 0.25) is 0 Å². The predicted octanol–water partition coefficient (Wildman–Crippen LogP) is 2.05. The van der Waals surface area contributed by atoms with Crippen molar-refractivity contribution in [2.75, 3.05) is 0 Å². The van der Waals surface area contributed by atoms with Crippen molar-refractivity contribution < 1.29 is 23.9 Å². The lowest BCUT2D eigenvalue weighted by molar-refractivity contribution is -0.155. The largest absolute Gasteiger partial charge is 0.457 e. The summed E-state index contributed by atoms with van der Waals surface area (Å²) in [5, 5.41) is 1.89. The maximum Gasteiger partial charge on any atom is 0.318 e. The number of para-hydroxylation sites is 2. The lowest BCUT2D eigenvalue weighted by atomic mass is 9.88. The fraction of sp³-hybridized carbons (Fsp3) is 0.167. The normalized spacial score (nSPS) is 13.6. The second-order valence-corrected chi connectivity index (χ2v) is 5.54. The summed E-state index contributed by atoms with van der Waals surface area (Å²) in [6.45, 7) is 1.37. The Morgan fingerprint density at radius 1 is 1.04 bits per heavy atom. The van der Waals surface area contributed by atoms with E-state index in [1.807, 2.05) is 5.32 Å². The van der Waals surface area contributed by atoms with Crippen molar-refractivity contribution in [1.82, 2.24) is 5.32 Å². The van der Waals surface area contributed by atoms with Gasteiger partial charge in [-0.1, -0.05) is 36.4 Å². The molecule has 1 atom stereocenters. The smallest absolute Gasteiger partial charge is 0.318 e. The third-order valence-corrected chi connectivity index (χ3v) is 3.82. The van der Waals surface area contributed by atoms with Crippen molar-refractivity contribution in [2.24, 2.45) is 5.73 Å². The maximum atomic E-state index is 12.8. The number of benzene rings is 2. The molecule has 2 aromatic rings. The SMILES string of the molecule is C[C@H](OC(=O)C1c2ccccc2Oc2ccccc21)C(=O)NC(N)=O. The van der Waals surface area contributed by atoms with Crippen LogP contribution in [0.15, 0.2) is 48.5 Å². The van der Waals surface area contributed by atoms with Crippen molar-refractivity contribution in [3.8, 4) is 11.5 Å². The Morgan fingerprint density at radius 2 is 1.56 bits per heavy atom. The summed E-state index contributed by atoms with van der Waals surface area (Å²) in [5.74, 6) is -1.02. The molecular formula is C18H16N2O5. The Bertz CT molecular complexity index is 803. The first-order valence-corrected chi connectivity index (χ1v) is 7.64. The minimum atomic E-state index is -1.16. The first-order valence-electron chi connectivity index (χ1n) is 7.64. The minimum absolute atomic E-state index is 0.553. The Kier molecular flexibility index (Phi) is 4.38. The van der Waals surface area contributed by atoms with Gasteiger partial charge in [0.05, 0.1) is 0 Å². The molecule has 0 saturated carbocycles. The van der Waals surface area contributed by atoms with E-state index in [1.54, 1.807) is 48.5 Å². The number of nitrogens with two attached hydrogens (primary N) is 1. The number of ether oxygens (including phenoxy) is 2. The van der Waals surface area contributed by atoms with Gasteiger partial charge >= 0.3 is 12.0 Å². The van der Waals surface area contributed by atoms with Gasteiger partial charge in [-0.15, -0.1) is 0 Å². The van der Waals surface area contributed by atoms with Crippen LogP contribution in [0.2, 0.25) is 0 Å². The number of carbonyl (C=O) groups is 3. The van der Waals surface area contributed by atoms with Gasteiger partial charge in [-0.05, 0) is 19.1 Å². The molecule has 7 nitrogen and oxygen atoms in total. The number of nitrogens with one attached hydrogen (secondary N) is 1. The van der Waals surface area contributed by atoms with Gasteiger partial charge in [-0.25, -0.2) is 4.79 Å². The molecular weight excluding hydrogens is 324 g/mol. The number of imide groups is 1. The lowest BCUT2D eigenvalue weighted by Crippen LogP contribution is -2.42. The number of amides is 3. The van der Waals surface area contributed by atoms with Crippen LogP contribution in [0.3, 0.4) is 0 Å². The van der Waals surface area contributed by atoms with Crippen LogP contribution in [0.4, 0.5) is 4.79 Å². The van der Waals surface area contributed by atoms with E-state index >= 15 is 0 Å². The number of rotatable bonds is 3. The van der Waals surface area contributed by atoms with Crippen LogP contribution in [0.5, 0.6) is 11.5 Å². The molecule has 0 saturated heterocycles. The van der Waals surface area contributed by atoms with Crippen LogP contribution in [-0.4, -0.2) is 24.0 Å². The van der Waals surface area contributed by atoms with E-state index in [4.69, 9.17) is 15.2 Å². The Labute approximate surface area is 143 Å². The maximum absolute atomic E-state index is 12.8. The summed E-state index contributed by atoms with van der Waals surface area (Å²) >= 11 is 0. The number of primary amides is 1. The number of carbonyl (C=O) groups excluding carboxylic acids is 3. The lowest BCUT2D eigenvalue weighted by Gasteiger charge is -2.27. The van der Waals surface area contributed by atoms with Crippen molar-refractivity contribution in [2.45, 2.75) is 18.9 Å². The molecule has 0 fully saturated rings. The predicted molar refractivity (Wildman–Crippen MR) is 88.1 cm³/mol. The summed E-state index contributed by atoms with van der Waals surface area (Å²) in [4.78, 5) is 35.3. The molecule has 1 aliphatic heterocycles. The van der Waals surface area contributed by atoms with Gasteiger partial charge in [0.1, 0.15) is 17.4 Å². The van der Waals surface area contributed by atoms with Crippen molar-refractivity contribution in [1.29, 1.82) is 0 Å². The monoisotopic (exact) mass is 340 g/mol. The Hall–Kier alpha value is -3.35. The molecule has 0 spiro atoms. The molecule has 0 radical (unpaired) electrons. The number of hydrogen-bond acceptors (Lipinski definition) is 5. The fourth-order valence-corrected chi connectivity index (χ4v) is 2.68. The van der Waals surface area contributed by atoms with Gasteiger partial charge in [-0.3, -0.25) is 14.9 Å². The van der Waals surface area contributed by atoms with Crippen molar-refractivity contribution in [3.05, 3.63) is 59.7 Å². The van der Waals surface area contributed by atoms with Gasteiger partial charge in [0.15, 0.2) is 6.10 Å². The first kappa shape index (κ1) is 16.5. The van der Waals surface area contributed by atoms with E-state index in [9.17, 15) is 14.4 Å². The van der Waals surface area contributed by atoms with Gasteiger partial charge in [-0.2, -0.15) is 0 Å². The topological polar surface area (TPSA) is 108 Å². The van der Waals surface area contributed by atoms with Crippen LogP contribution in [0.1, 0.15) is 24.0 Å². The third-order valence-electron chi connectivity index (χ3n) is 3.82. The molecule has 0 unspecified atom stereocenters. The summed E-state index contributed by atoms with van der Waals surface area (Å²) in [6.07, 6.45) is -1.16. The first-order chi connectivity index (χ1) is 12.0. The summed E-state index contributed by atoms with van der Waals surface area (Å²) < 4.78 is 11.1. The quantitative estimate of drug-likeness (QED) is 0.832. The van der Waals surface area contributed by atoms with Gasteiger partial charge < -0.3 is 15.2 Å². The standard InChI is InChI=1S/C18H16N2O5/c1-10(16(21)20-18(19)23)24-17(22)15-11-6-2-4-8-13(11)25-14-9-5-3-7-12(14)15/h2-10,15H,1H3,(H3,19,20,21,23)/t10-/m0/s1. The van der Waals surface area contributed by atoms with Crippen LogP contribution >= 0.6 is 0 Å².